The van der Waals surface area contributed by atoms with Crippen LogP contribution in [-0.2, 0) is 6.54 Å². The Kier molecular flexibility index (Phi) is 3.25. The van der Waals surface area contributed by atoms with Gasteiger partial charge in [0.15, 0.2) is 5.78 Å². The normalized spacial score (nSPS) is 10.2. The molecule has 0 aliphatic carbocycles. The molecule has 2 N–H and O–H groups in total. The zero-order valence-corrected chi connectivity index (χ0v) is 8.72. The first-order chi connectivity index (χ1) is 6.56. The lowest BCUT2D eigenvalue weighted by Gasteiger charge is -2.10. The molecule has 0 saturated heterocycles. The fourth-order valence-electron chi connectivity index (χ4n) is 1.67. The second-order valence-corrected chi connectivity index (χ2v) is 3.38. The molecule has 0 unspecified atom stereocenters. The van der Waals surface area contributed by atoms with Crippen molar-refractivity contribution >= 4 is 5.78 Å². The van der Waals surface area contributed by atoms with Gasteiger partial charge < -0.3 is 10.4 Å². The van der Waals surface area contributed by atoms with E-state index >= 15 is 0 Å². The maximum atomic E-state index is 11.4. The van der Waals surface area contributed by atoms with Gasteiger partial charge in [0.1, 0.15) is 5.75 Å². The summed E-state index contributed by atoms with van der Waals surface area (Å²) in [5.41, 5.74) is 2.37. The molecule has 0 radical (unpaired) electrons. The number of aryl methyl sites for hydroxylation is 1. The van der Waals surface area contributed by atoms with E-state index < -0.39 is 0 Å². The van der Waals surface area contributed by atoms with Crippen LogP contribution in [0, 0.1) is 6.92 Å². The van der Waals surface area contributed by atoms with E-state index in [0.717, 1.165) is 11.1 Å². The molecule has 0 aliphatic rings. The highest BCUT2D eigenvalue weighted by molar-refractivity contribution is 5.97. The van der Waals surface area contributed by atoms with Gasteiger partial charge in [-0.25, -0.2) is 0 Å². The van der Waals surface area contributed by atoms with Crippen LogP contribution in [0.15, 0.2) is 12.1 Å². The summed E-state index contributed by atoms with van der Waals surface area (Å²) in [7, 11) is 1.81. The lowest BCUT2D eigenvalue weighted by atomic mass is 9.98. The fraction of sp³-hybridized carbons (Fsp3) is 0.364. The number of hydrogen-bond donors (Lipinski definition) is 2. The minimum atomic E-state index is 0.0350. The van der Waals surface area contributed by atoms with Gasteiger partial charge in [0, 0.05) is 12.1 Å². The molecule has 0 fully saturated rings. The average Bonchev–Trinajstić information content (AvgIpc) is 2.01. The molecule has 0 amide bonds. The fourth-order valence-corrected chi connectivity index (χ4v) is 1.67. The Morgan fingerprint density at radius 2 is 2.14 bits per heavy atom. The molecule has 0 bridgehead atoms. The molecule has 0 atom stereocenters. The number of carbonyl (C=O) groups is 1. The SMILES string of the molecule is CNCc1cc(O)cc(C)c1C(C)=O. The van der Waals surface area contributed by atoms with Crippen LogP contribution in [0.2, 0.25) is 0 Å². The molecule has 0 heterocycles. The second kappa shape index (κ2) is 4.24. The average molecular weight is 193 g/mol. The number of hydrogen-bond acceptors (Lipinski definition) is 3. The molecule has 14 heavy (non-hydrogen) atoms. The largest absolute Gasteiger partial charge is 0.508 e. The number of carbonyl (C=O) groups excluding carboxylic acids is 1. The first-order valence-corrected chi connectivity index (χ1v) is 4.54. The molecule has 1 aromatic carbocycles. The van der Waals surface area contributed by atoms with Gasteiger partial charge in [0.2, 0.25) is 0 Å². The minimum absolute atomic E-state index is 0.0350. The molecule has 3 heteroatoms. The number of benzene rings is 1. The van der Waals surface area contributed by atoms with Crippen molar-refractivity contribution in [2.45, 2.75) is 20.4 Å². The van der Waals surface area contributed by atoms with Gasteiger partial charge in [-0.15, -0.1) is 0 Å². The van der Waals surface area contributed by atoms with Crippen LogP contribution in [-0.4, -0.2) is 17.9 Å². The van der Waals surface area contributed by atoms with Gasteiger partial charge in [-0.1, -0.05) is 0 Å². The van der Waals surface area contributed by atoms with Crippen LogP contribution >= 0.6 is 0 Å². The van der Waals surface area contributed by atoms with E-state index in [2.05, 4.69) is 5.32 Å². The summed E-state index contributed by atoms with van der Waals surface area (Å²) in [5.74, 6) is 0.241. The maximum Gasteiger partial charge on any atom is 0.160 e. The lowest BCUT2D eigenvalue weighted by molar-refractivity contribution is 0.101. The Morgan fingerprint density at radius 1 is 1.50 bits per heavy atom. The van der Waals surface area contributed by atoms with Crippen molar-refractivity contribution in [3.63, 3.8) is 0 Å². The smallest absolute Gasteiger partial charge is 0.160 e. The molecule has 0 spiro atoms. The summed E-state index contributed by atoms with van der Waals surface area (Å²) in [6, 6.07) is 3.23. The van der Waals surface area contributed by atoms with Gasteiger partial charge in [0.25, 0.3) is 0 Å². The van der Waals surface area contributed by atoms with Crippen molar-refractivity contribution in [3.8, 4) is 5.75 Å². The molecule has 1 rings (SSSR count). The van der Waals surface area contributed by atoms with Gasteiger partial charge in [-0.3, -0.25) is 4.79 Å². The molecule has 0 aliphatic heterocycles. The van der Waals surface area contributed by atoms with Gasteiger partial charge in [0.05, 0.1) is 0 Å². The van der Waals surface area contributed by atoms with Crippen molar-refractivity contribution in [2.24, 2.45) is 0 Å². The van der Waals surface area contributed by atoms with Crippen molar-refractivity contribution in [2.75, 3.05) is 7.05 Å². The quantitative estimate of drug-likeness (QED) is 0.717. The van der Waals surface area contributed by atoms with E-state index in [1.54, 1.807) is 19.1 Å². The molecular weight excluding hydrogens is 178 g/mol. The predicted octanol–water partition coefficient (Wildman–Crippen LogP) is 1.62. The van der Waals surface area contributed by atoms with Crippen LogP contribution in [0.3, 0.4) is 0 Å². The zero-order valence-electron chi connectivity index (χ0n) is 8.72. The molecular formula is C11H15NO2. The summed E-state index contributed by atoms with van der Waals surface area (Å²) in [6.45, 7) is 3.96. The van der Waals surface area contributed by atoms with Gasteiger partial charge in [-0.05, 0) is 44.2 Å². The Morgan fingerprint density at radius 3 is 2.64 bits per heavy atom. The Labute approximate surface area is 83.8 Å². The van der Waals surface area contributed by atoms with Gasteiger partial charge >= 0.3 is 0 Å². The molecule has 0 saturated carbocycles. The number of rotatable bonds is 3. The Bertz CT molecular complexity index is 359. The van der Waals surface area contributed by atoms with E-state index in [0.29, 0.717) is 12.1 Å². The van der Waals surface area contributed by atoms with E-state index in [-0.39, 0.29) is 11.5 Å². The summed E-state index contributed by atoms with van der Waals surface area (Å²) in [4.78, 5) is 11.4. The van der Waals surface area contributed by atoms with Crippen LogP contribution in [0.25, 0.3) is 0 Å². The summed E-state index contributed by atoms with van der Waals surface area (Å²) in [5, 5.41) is 12.4. The highest BCUT2D eigenvalue weighted by atomic mass is 16.3. The number of aromatic hydroxyl groups is 1. The summed E-state index contributed by atoms with van der Waals surface area (Å²) in [6.07, 6.45) is 0. The topological polar surface area (TPSA) is 49.3 Å². The third-order valence-corrected chi connectivity index (χ3v) is 2.12. The van der Waals surface area contributed by atoms with Crippen LogP contribution < -0.4 is 5.32 Å². The van der Waals surface area contributed by atoms with E-state index in [1.165, 1.54) is 0 Å². The number of Topliss-reactive ketones (excluding diaryl/α,β-unsaturated/α-hetero) is 1. The van der Waals surface area contributed by atoms with Crippen LogP contribution in [0.5, 0.6) is 5.75 Å². The Balaban J connectivity index is 3.28. The number of ketones is 1. The van der Waals surface area contributed by atoms with E-state index in [9.17, 15) is 9.90 Å². The van der Waals surface area contributed by atoms with Crippen molar-refractivity contribution < 1.29 is 9.90 Å². The van der Waals surface area contributed by atoms with Crippen LogP contribution in [0.4, 0.5) is 0 Å². The first kappa shape index (κ1) is 10.7. The predicted molar refractivity (Wildman–Crippen MR) is 55.6 cm³/mol. The molecule has 1 aromatic rings. The number of nitrogens with one attached hydrogen (secondary N) is 1. The minimum Gasteiger partial charge on any atom is -0.508 e. The Hall–Kier alpha value is -1.35. The van der Waals surface area contributed by atoms with E-state index in [1.807, 2.05) is 14.0 Å². The van der Waals surface area contributed by atoms with Crippen LogP contribution in [0.1, 0.15) is 28.4 Å². The second-order valence-electron chi connectivity index (χ2n) is 3.38. The van der Waals surface area contributed by atoms with Crippen molar-refractivity contribution in [3.05, 3.63) is 28.8 Å². The summed E-state index contributed by atoms with van der Waals surface area (Å²) >= 11 is 0. The highest BCUT2D eigenvalue weighted by Crippen LogP contribution is 2.21. The molecule has 0 aromatic heterocycles. The molecule has 3 nitrogen and oxygen atoms in total. The maximum absolute atomic E-state index is 11.4. The first-order valence-electron chi connectivity index (χ1n) is 4.54. The van der Waals surface area contributed by atoms with Crippen molar-refractivity contribution in [1.82, 2.24) is 5.32 Å². The third-order valence-electron chi connectivity index (χ3n) is 2.12. The highest BCUT2D eigenvalue weighted by Gasteiger charge is 2.11. The zero-order chi connectivity index (χ0) is 10.7. The number of phenolic OH excluding ortho intramolecular Hbond substituents is 1. The van der Waals surface area contributed by atoms with E-state index in [4.69, 9.17) is 0 Å². The standard InChI is InChI=1S/C11H15NO2/c1-7-4-10(14)5-9(6-12-3)11(7)8(2)13/h4-5,12,14H,6H2,1-3H3. The lowest BCUT2D eigenvalue weighted by Crippen LogP contribution is -2.11. The number of phenols is 1. The molecule has 76 valence electrons. The van der Waals surface area contributed by atoms with Crippen molar-refractivity contribution in [1.29, 1.82) is 0 Å². The van der Waals surface area contributed by atoms with Gasteiger partial charge in [-0.2, -0.15) is 0 Å². The monoisotopic (exact) mass is 193 g/mol. The third kappa shape index (κ3) is 2.12. The summed E-state index contributed by atoms with van der Waals surface area (Å²) < 4.78 is 0.